The fraction of sp³-hybridized carbons (Fsp3) is 0.308. The van der Waals surface area contributed by atoms with E-state index in [1.807, 2.05) is 18.2 Å². The summed E-state index contributed by atoms with van der Waals surface area (Å²) in [5.74, 6) is 1.11. The van der Waals surface area contributed by atoms with Crippen LogP contribution in [0.4, 0.5) is 0 Å². The van der Waals surface area contributed by atoms with Crippen LogP contribution in [-0.2, 0) is 22.7 Å². The highest BCUT2D eigenvalue weighted by Crippen LogP contribution is 2.35. The van der Waals surface area contributed by atoms with Crippen molar-refractivity contribution in [3.05, 3.63) is 95.6 Å². The smallest absolute Gasteiger partial charge is 0.178 e. The van der Waals surface area contributed by atoms with E-state index in [9.17, 15) is 8.42 Å². The first-order valence-corrected chi connectivity index (χ1v) is 12.5. The zero-order valence-corrected chi connectivity index (χ0v) is 18.4. The first kappa shape index (κ1) is 21.6. The van der Waals surface area contributed by atoms with Crippen molar-refractivity contribution in [2.75, 3.05) is 12.4 Å². The molecule has 5 heteroatoms. The van der Waals surface area contributed by atoms with Gasteiger partial charge in [-0.2, -0.15) is 0 Å². The molecule has 2 unspecified atom stereocenters. The van der Waals surface area contributed by atoms with Gasteiger partial charge in [-0.3, -0.25) is 0 Å². The van der Waals surface area contributed by atoms with Gasteiger partial charge in [0.1, 0.15) is 5.75 Å². The van der Waals surface area contributed by atoms with Crippen molar-refractivity contribution in [2.45, 2.75) is 42.5 Å². The number of hydrogen-bond acceptors (Lipinski definition) is 4. The van der Waals surface area contributed by atoms with Crippen LogP contribution in [0.2, 0.25) is 0 Å². The summed E-state index contributed by atoms with van der Waals surface area (Å²) in [7, 11) is -3.28. The second-order valence-electron chi connectivity index (χ2n) is 8.19. The Balaban J connectivity index is 1.40. The number of fused-ring (bicyclic) bond motifs is 1. The average Bonchev–Trinajstić information content (AvgIpc) is 2.80. The van der Waals surface area contributed by atoms with E-state index < -0.39 is 9.84 Å². The number of ether oxygens (including phenoxy) is 1. The highest BCUT2D eigenvalue weighted by atomic mass is 32.2. The third kappa shape index (κ3) is 5.35. The van der Waals surface area contributed by atoms with Gasteiger partial charge in [0.2, 0.25) is 0 Å². The Bertz CT molecular complexity index is 1100. The third-order valence-electron chi connectivity index (χ3n) is 6.01. The maximum atomic E-state index is 12.4. The van der Waals surface area contributed by atoms with Crippen LogP contribution in [0.1, 0.15) is 35.4 Å². The van der Waals surface area contributed by atoms with Gasteiger partial charge >= 0.3 is 0 Å². The van der Waals surface area contributed by atoms with Gasteiger partial charge in [0.15, 0.2) is 9.84 Å². The molecule has 0 aromatic heterocycles. The lowest BCUT2D eigenvalue weighted by molar-refractivity contribution is 0.316. The van der Waals surface area contributed by atoms with E-state index in [0.29, 0.717) is 17.9 Å². The number of nitrogens with two attached hydrogens (primary N) is 1. The predicted octanol–water partition coefficient (Wildman–Crippen LogP) is 4.53. The van der Waals surface area contributed by atoms with Crippen LogP contribution in [0.15, 0.2) is 83.8 Å². The van der Waals surface area contributed by atoms with Crippen molar-refractivity contribution in [3.63, 3.8) is 0 Å². The summed E-state index contributed by atoms with van der Waals surface area (Å²) in [6.45, 7) is 0.361. The minimum atomic E-state index is -3.28. The highest BCUT2D eigenvalue weighted by Gasteiger charge is 2.27. The molecule has 4 rings (SSSR count). The minimum Gasteiger partial charge on any atom is -0.494 e. The number of hydrogen-bond donors (Lipinski definition) is 1. The molecule has 0 aliphatic heterocycles. The van der Waals surface area contributed by atoms with Crippen LogP contribution >= 0.6 is 0 Å². The Morgan fingerprint density at radius 1 is 0.935 bits per heavy atom. The predicted molar refractivity (Wildman–Crippen MR) is 124 cm³/mol. The molecule has 3 aromatic rings. The summed E-state index contributed by atoms with van der Waals surface area (Å²) in [4.78, 5) is 0.363. The molecule has 2 atom stereocenters. The van der Waals surface area contributed by atoms with E-state index in [-0.39, 0.29) is 17.7 Å². The zero-order chi connectivity index (χ0) is 21.7. The van der Waals surface area contributed by atoms with Gasteiger partial charge in [-0.05, 0) is 66.6 Å². The summed E-state index contributed by atoms with van der Waals surface area (Å²) in [6, 6.07) is 25.4. The fourth-order valence-electron chi connectivity index (χ4n) is 4.30. The molecule has 2 N–H and O–H groups in total. The van der Waals surface area contributed by atoms with E-state index in [0.717, 1.165) is 25.0 Å². The molecule has 0 fully saturated rings. The SMILES string of the molecule is NC1CCc2ccc(OCCCS(=O)(=O)c3ccccc3)cc2C1Cc1ccccc1. The van der Waals surface area contributed by atoms with Crippen molar-refractivity contribution in [1.82, 2.24) is 0 Å². The second kappa shape index (κ2) is 9.67. The second-order valence-corrected chi connectivity index (χ2v) is 10.3. The summed E-state index contributed by atoms with van der Waals surface area (Å²) < 4.78 is 30.8. The van der Waals surface area contributed by atoms with Crippen molar-refractivity contribution in [3.8, 4) is 5.75 Å². The van der Waals surface area contributed by atoms with E-state index in [1.54, 1.807) is 24.3 Å². The molecule has 1 aliphatic rings. The fourth-order valence-corrected chi connectivity index (χ4v) is 5.61. The lowest BCUT2D eigenvalue weighted by atomic mass is 9.76. The average molecular weight is 436 g/mol. The first-order chi connectivity index (χ1) is 15.0. The molecule has 4 nitrogen and oxygen atoms in total. The molecule has 0 saturated carbocycles. The van der Waals surface area contributed by atoms with Gasteiger partial charge in [-0.25, -0.2) is 8.42 Å². The molecule has 0 radical (unpaired) electrons. The lowest BCUT2D eigenvalue weighted by Gasteiger charge is -2.32. The van der Waals surface area contributed by atoms with E-state index in [4.69, 9.17) is 10.5 Å². The van der Waals surface area contributed by atoms with E-state index in [2.05, 4.69) is 36.4 Å². The van der Waals surface area contributed by atoms with Crippen molar-refractivity contribution >= 4 is 9.84 Å². The molecule has 3 aromatic carbocycles. The Kier molecular flexibility index (Phi) is 6.73. The Hall–Kier alpha value is -2.63. The molecule has 162 valence electrons. The Morgan fingerprint density at radius 2 is 1.65 bits per heavy atom. The van der Waals surface area contributed by atoms with E-state index in [1.165, 1.54) is 16.7 Å². The largest absolute Gasteiger partial charge is 0.494 e. The van der Waals surface area contributed by atoms with Gasteiger partial charge < -0.3 is 10.5 Å². The van der Waals surface area contributed by atoms with Crippen LogP contribution in [0.3, 0.4) is 0 Å². The standard InChI is InChI=1S/C26H29NO3S/c27-26-15-13-21-12-14-22(19-24(21)25(26)18-20-8-3-1-4-9-20)30-16-7-17-31(28,29)23-10-5-2-6-11-23/h1-6,8-12,14,19,25-26H,7,13,15-18,27H2. The summed E-state index contributed by atoms with van der Waals surface area (Å²) in [5.41, 5.74) is 10.4. The number of rotatable bonds is 8. The van der Waals surface area contributed by atoms with Crippen LogP contribution in [0.25, 0.3) is 0 Å². The minimum absolute atomic E-state index is 0.0729. The van der Waals surface area contributed by atoms with Gasteiger partial charge in [0.25, 0.3) is 0 Å². The molecule has 1 aliphatic carbocycles. The van der Waals surface area contributed by atoms with Crippen LogP contribution in [-0.4, -0.2) is 26.8 Å². The molecular weight excluding hydrogens is 406 g/mol. The third-order valence-corrected chi connectivity index (χ3v) is 7.82. The molecule has 0 heterocycles. The molecular formula is C26H29NO3S. The molecule has 0 spiro atoms. The van der Waals surface area contributed by atoms with Crippen molar-refractivity contribution in [1.29, 1.82) is 0 Å². The Morgan fingerprint density at radius 3 is 2.39 bits per heavy atom. The quantitative estimate of drug-likeness (QED) is 0.528. The number of sulfone groups is 1. The van der Waals surface area contributed by atoms with E-state index >= 15 is 0 Å². The van der Waals surface area contributed by atoms with Crippen molar-refractivity contribution < 1.29 is 13.2 Å². The summed E-state index contributed by atoms with van der Waals surface area (Å²) >= 11 is 0. The van der Waals surface area contributed by atoms with Gasteiger partial charge in [-0.15, -0.1) is 0 Å². The van der Waals surface area contributed by atoms with Gasteiger partial charge in [0, 0.05) is 12.0 Å². The van der Waals surface area contributed by atoms with Gasteiger partial charge in [-0.1, -0.05) is 54.6 Å². The normalized spacial score (nSPS) is 18.4. The van der Waals surface area contributed by atoms with Crippen LogP contribution in [0, 0.1) is 0 Å². The summed E-state index contributed by atoms with van der Waals surface area (Å²) in [5, 5.41) is 0. The maximum absolute atomic E-state index is 12.4. The number of benzene rings is 3. The monoisotopic (exact) mass is 435 g/mol. The highest BCUT2D eigenvalue weighted by molar-refractivity contribution is 7.91. The molecule has 31 heavy (non-hydrogen) atoms. The van der Waals surface area contributed by atoms with Crippen LogP contribution < -0.4 is 10.5 Å². The number of aryl methyl sites for hydroxylation is 1. The molecule has 0 saturated heterocycles. The van der Waals surface area contributed by atoms with Crippen molar-refractivity contribution in [2.24, 2.45) is 5.73 Å². The Labute approximate surface area is 185 Å². The molecule has 0 bridgehead atoms. The molecule has 0 amide bonds. The zero-order valence-electron chi connectivity index (χ0n) is 17.6. The summed E-state index contributed by atoms with van der Waals surface area (Å²) in [6.07, 6.45) is 3.33. The van der Waals surface area contributed by atoms with Crippen LogP contribution in [0.5, 0.6) is 5.75 Å². The lowest BCUT2D eigenvalue weighted by Crippen LogP contribution is -2.34. The first-order valence-electron chi connectivity index (χ1n) is 10.9. The van der Waals surface area contributed by atoms with Gasteiger partial charge in [0.05, 0.1) is 17.3 Å². The maximum Gasteiger partial charge on any atom is 0.178 e. The topological polar surface area (TPSA) is 69.4 Å².